The van der Waals surface area contributed by atoms with Crippen LogP contribution in [0, 0.1) is 0 Å². The first kappa shape index (κ1) is 10.4. The topological polar surface area (TPSA) is 38.0 Å². The van der Waals surface area contributed by atoms with E-state index in [1.807, 2.05) is 17.8 Å². The molecule has 3 nitrogen and oxygen atoms in total. The summed E-state index contributed by atoms with van der Waals surface area (Å²) in [7, 11) is 1.90. The van der Waals surface area contributed by atoms with Crippen molar-refractivity contribution in [1.82, 2.24) is 9.55 Å². The summed E-state index contributed by atoms with van der Waals surface area (Å²) in [6, 6.07) is 2.09. The van der Waals surface area contributed by atoms with Gasteiger partial charge in [-0.05, 0) is 35.2 Å². The van der Waals surface area contributed by atoms with Crippen LogP contribution in [0.4, 0.5) is 0 Å². The van der Waals surface area contributed by atoms with Crippen LogP contribution in [-0.2, 0) is 13.5 Å². The fourth-order valence-corrected chi connectivity index (χ4v) is 2.19. The lowest BCUT2D eigenvalue weighted by Crippen LogP contribution is -1.99. The first-order chi connectivity index (χ1) is 7.25. The Morgan fingerprint density at radius 3 is 3.07 bits per heavy atom. The Bertz CT molecular complexity index is 408. The normalized spacial score (nSPS) is 12.9. The molecule has 0 aromatic carbocycles. The van der Waals surface area contributed by atoms with E-state index >= 15 is 0 Å². The maximum atomic E-state index is 9.86. The third-order valence-electron chi connectivity index (χ3n) is 2.35. The number of imidazole rings is 1. The molecule has 0 spiro atoms. The molecule has 0 saturated carbocycles. The Kier molecular flexibility index (Phi) is 3.18. The van der Waals surface area contributed by atoms with Crippen LogP contribution >= 0.6 is 11.3 Å². The van der Waals surface area contributed by atoms with Gasteiger partial charge in [-0.15, -0.1) is 0 Å². The highest BCUT2D eigenvalue weighted by Gasteiger charge is 2.10. The highest BCUT2D eigenvalue weighted by Crippen LogP contribution is 2.18. The number of aliphatic hydroxyl groups excluding tert-OH is 1. The first-order valence-electron chi connectivity index (χ1n) is 4.92. The van der Waals surface area contributed by atoms with E-state index in [1.54, 1.807) is 17.7 Å². The number of aryl methyl sites for hydroxylation is 2. The predicted molar refractivity (Wildman–Crippen MR) is 60.8 cm³/mol. The molecule has 4 heteroatoms. The van der Waals surface area contributed by atoms with Gasteiger partial charge in [-0.2, -0.15) is 11.3 Å². The third kappa shape index (κ3) is 2.67. The van der Waals surface area contributed by atoms with E-state index < -0.39 is 6.10 Å². The number of hydrogen-bond donors (Lipinski definition) is 1. The van der Waals surface area contributed by atoms with Crippen LogP contribution < -0.4 is 0 Å². The number of nitrogens with zero attached hydrogens (tertiary/aromatic N) is 2. The van der Waals surface area contributed by atoms with Gasteiger partial charge in [0, 0.05) is 13.2 Å². The number of thiophene rings is 1. The molecular weight excluding hydrogens is 208 g/mol. The predicted octanol–water partition coefficient (Wildman–Crippen LogP) is 2.15. The molecule has 2 rings (SSSR count). The molecule has 1 unspecified atom stereocenters. The Morgan fingerprint density at radius 2 is 2.47 bits per heavy atom. The molecule has 0 aliphatic rings. The first-order valence-corrected chi connectivity index (χ1v) is 5.87. The molecule has 1 atom stereocenters. The van der Waals surface area contributed by atoms with Gasteiger partial charge in [0.15, 0.2) is 0 Å². The fourth-order valence-electron chi connectivity index (χ4n) is 1.49. The van der Waals surface area contributed by atoms with Gasteiger partial charge in [0.1, 0.15) is 0 Å². The minimum atomic E-state index is -0.453. The van der Waals surface area contributed by atoms with Crippen molar-refractivity contribution in [1.29, 1.82) is 0 Å². The second-order valence-electron chi connectivity index (χ2n) is 3.65. The van der Waals surface area contributed by atoms with Crippen LogP contribution in [0.25, 0.3) is 0 Å². The van der Waals surface area contributed by atoms with Crippen molar-refractivity contribution in [2.75, 3.05) is 0 Å². The Labute approximate surface area is 93.0 Å². The van der Waals surface area contributed by atoms with Crippen molar-refractivity contribution in [2.45, 2.75) is 18.9 Å². The molecule has 15 heavy (non-hydrogen) atoms. The van der Waals surface area contributed by atoms with Crippen LogP contribution in [0.15, 0.2) is 29.4 Å². The van der Waals surface area contributed by atoms with Crippen molar-refractivity contribution in [3.63, 3.8) is 0 Å². The summed E-state index contributed by atoms with van der Waals surface area (Å²) in [5, 5.41) is 14.0. The van der Waals surface area contributed by atoms with E-state index in [1.165, 1.54) is 5.56 Å². The molecule has 80 valence electrons. The lowest BCUT2D eigenvalue weighted by molar-refractivity contribution is 0.163. The second kappa shape index (κ2) is 4.59. The molecule has 0 amide bonds. The largest absolute Gasteiger partial charge is 0.387 e. The summed E-state index contributed by atoms with van der Waals surface area (Å²) in [4.78, 5) is 4.13. The highest BCUT2D eigenvalue weighted by atomic mass is 32.1. The van der Waals surface area contributed by atoms with Gasteiger partial charge < -0.3 is 9.67 Å². The average molecular weight is 222 g/mol. The van der Waals surface area contributed by atoms with Gasteiger partial charge in [0.2, 0.25) is 0 Å². The SMILES string of the molecule is Cn1cnc(C(O)CCc2ccsc2)c1. The summed E-state index contributed by atoms with van der Waals surface area (Å²) in [6.45, 7) is 0. The van der Waals surface area contributed by atoms with E-state index in [-0.39, 0.29) is 0 Å². The molecule has 0 saturated heterocycles. The molecule has 1 N–H and O–H groups in total. The van der Waals surface area contributed by atoms with E-state index in [4.69, 9.17) is 0 Å². The summed E-state index contributed by atoms with van der Waals surface area (Å²) in [5.74, 6) is 0. The van der Waals surface area contributed by atoms with Crippen LogP contribution in [0.3, 0.4) is 0 Å². The molecule has 0 aliphatic heterocycles. The maximum Gasteiger partial charge on any atom is 0.0978 e. The van der Waals surface area contributed by atoms with E-state index in [2.05, 4.69) is 21.8 Å². The van der Waals surface area contributed by atoms with Gasteiger partial charge >= 0.3 is 0 Å². The maximum absolute atomic E-state index is 9.86. The van der Waals surface area contributed by atoms with E-state index in [0.717, 1.165) is 18.5 Å². The van der Waals surface area contributed by atoms with E-state index in [9.17, 15) is 5.11 Å². The quantitative estimate of drug-likeness (QED) is 0.860. The summed E-state index contributed by atoms with van der Waals surface area (Å²) in [6.07, 6.45) is 4.75. The van der Waals surface area contributed by atoms with Gasteiger partial charge in [-0.25, -0.2) is 4.98 Å². The summed E-state index contributed by atoms with van der Waals surface area (Å²) < 4.78 is 1.85. The average Bonchev–Trinajstić information content (AvgIpc) is 2.84. The highest BCUT2D eigenvalue weighted by molar-refractivity contribution is 7.07. The van der Waals surface area contributed by atoms with Gasteiger partial charge in [-0.3, -0.25) is 0 Å². The van der Waals surface area contributed by atoms with E-state index in [0.29, 0.717) is 0 Å². The van der Waals surface area contributed by atoms with Gasteiger partial charge in [0.25, 0.3) is 0 Å². The molecule has 2 aromatic rings. The molecule has 2 heterocycles. The van der Waals surface area contributed by atoms with Crippen molar-refractivity contribution in [3.05, 3.63) is 40.6 Å². The molecule has 0 radical (unpaired) electrons. The summed E-state index contributed by atoms with van der Waals surface area (Å²) in [5.41, 5.74) is 2.04. The second-order valence-corrected chi connectivity index (χ2v) is 4.43. The number of rotatable bonds is 4. The molecular formula is C11H14N2OS. The van der Waals surface area contributed by atoms with Crippen molar-refractivity contribution in [2.24, 2.45) is 7.05 Å². The zero-order valence-electron chi connectivity index (χ0n) is 8.63. The Hall–Kier alpha value is -1.13. The number of hydrogen-bond acceptors (Lipinski definition) is 3. The van der Waals surface area contributed by atoms with Crippen molar-refractivity contribution in [3.8, 4) is 0 Å². The standard InChI is InChI=1S/C11H14N2OS/c1-13-6-10(12-8-13)11(14)3-2-9-4-5-15-7-9/h4-8,11,14H,2-3H2,1H3. The number of aliphatic hydroxyl groups is 1. The van der Waals surface area contributed by atoms with Crippen LogP contribution in [0.2, 0.25) is 0 Å². The fraction of sp³-hybridized carbons (Fsp3) is 0.364. The Morgan fingerprint density at radius 1 is 1.60 bits per heavy atom. The smallest absolute Gasteiger partial charge is 0.0978 e. The molecule has 0 aliphatic carbocycles. The lowest BCUT2D eigenvalue weighted by atomic mass is 10.1. The van der Waals surface area contributed by atoms with Crippen molar-refractivity contribution >= 4 is 11.3 Å². The molecule has 0 fully saturated rings. The van der Waals surface area contributed by atoms with Crippen LogP contribution in [0.5, 0.6) is 0 Å². The van der Waals surface area contributed by atoms with Crippen LogP contribution in [-0.4, -0.2) is 14.7 Å². The van der Waals surface area contributed by atoms with Gasteiger partial charge in [0.05, 0.1) is 18.1 Å². The summed E-state index contributed by atoms with van der Waals surface area (Å²) >= 11 is 1.69. The minimum absolute atomic E-state index is 0.453. The zero-order valence-corrected chi connectivity index (χ0v) is 9.44. The number of aromatic nitrogens is 2. The zero-order chi connectivity index (χ0) is 10.7. The lowest BCUT2D eigenvalue weighted by Gasteiger charge is -2.06. The Balaban J connectivity index is 1.90. The van der Waals surface area contributed by atoms with Gasteiger partial charge in [-0.1, -0.05) is 0 Å². The monoisotopic (exact) mass is 222 g/mol. The molecule has 0 bridgehead atoms. The minimum Gasteiger partial charge on any atom is -0.387 e. The van der Waals surface area contributed by atoms with Crippen molar-refractivity contribution < 1.29 is 5.11 Å². The molecule has 2 aromatic heterocycles. The third-order valence-corrected chi connectivity index (χ3v) is 3.08. The van der Waals surface area contributed by atoms with Crippen LogP contribution in [0.1, 0.15) is 23.8 Å².